The Morgan fingerprint density at radius 3 is 2.25 bits per heavy atom. The summed E-state index contributed by atoms with van der Waals surface area (Å²) in [7, 11) is 1.56. The fraction of sp³-hybridized carbons (Fsp3) is 0.286. The molecule has 0 unspecified atom stereocenters. The fourth-order valence-corrected chi connectivity index (χ4v) is 2.47. The highest BCUT2D eigenvalue weighted by atomic mass is 16.5. The first-order chi connectivity index (χ1) is 13.4. The van der Waals surface area contributed by atoms with E-state index in [9.17, 15) is 14.4 Å². The van der Waals surface area contributed by atoms with Crippen LogP contribution < -0.4 is 15.4 Å². The molecule has 7 heteroatoms. The molecule has 28 heavy (non-hydrogen) atoms. The van der Waals surface area contributed by atoms with Gasteiger partial charge in [0.15, 0.2) is 6.61 Å². The van der Waals surface area contributed by atoms with Gasteiger partial charge in [0.25, 0.3) is 5.91 Å². The number of ether oxygens (including phenoxy) is 2. The molecule has 2 rings (SSSR count). The average molecular weight is 384 g/mol. The van der Waals surface area contributed by atoms with Gasteiger partial charge in [-0.05, 0) is 49.7 Å². The highest BCUT2D eigenvalue weighted by molar-refractivity contribution is 5.94. The maximum atomic E-state index is 11.9. The predicted molar refractivity (Wildman–Crippen MR) is 106 cm³/mol. The molecule has 0 aliphatic heterocycles. The van der Waals surface area contributed by atoms with Crippen LogP contribution in [0.2, 0.25) is 0 Å². The maximum absolute atomic E-state index is 11.9. The van der Waals surface area contributed by atoms with Crippen molar-refractivity contribution in [3.63, 3.8) is 0 Å². The van der Waals surface area contributed by atoms with Gasteiger partial charge in [-0.25, -0.2) is 0 Å². The molecular weight excluding hydrogens is 360 g/mol. The number of hydrogen-bond acceptors (Lipinski definition) is 5. The lowest BCUT2D eigenvalue weighted by molar-refractivity contribution is -0.147. The zero-order valence-electron chi connectivity index (χ0n) is 16.2. The second-order valence-corrected chi connectivity index (χ2v) is 6.30. The first-order valence-corrected chi connectivity index (χ1v) is 8.84. The third-order valence-corrected chi connectivity index (χ3v) is 3.95. The number of anilines is 2. The molecule has 2 N–H and O–H groups in total. The minimum atomic E-state index is -0.611. The maximum Gasteiger partial charge on any atom is 0.306 e. The number of hydrogen-bond donors (Lipinski definition) is 2. The molecule has 0 aromatic heterocycles. The summed E-state index contributed by atoms with van der Waals surface area (Å²) in [5.41, 5.74) is 3.29. The molecule has 0 aliphatic rings. The van der Waals surface area contributed by atoms with Gasteiger partial charge in [0, 0.05) is 17.8 Å². The number of rotatable bonds is 8. The number of nitrogens with one attached hydrogen (secondary N) is 2. The molecule has 2 amide bonds. The van der Waals surface area contributed by atoms with Gasteiger partial charge in [-0.2, -0.15) is 0 Å². The number of esters is 1. The number of carbonyl (C=O) groups excluding carboxylic acids is 3. The van der Waals surface area contributed by atoms with Gasteiger partial charge in [-0.1, -0.05) is 17.7 Å². The lowest BCUT2D eigenvalue weighted by Crippen LogP contribution is -2.22. The van der Waals surface area contributed by atoms with Crippen LogP contribution in [-0.4, -0.2) is 31.5 Å². The normalized spacial score (nSPS) is 10.1. The highest BCUT2D eigenvalue weighted by Gasteiger charge is 2.11. The van der Waals surface area contributed by atoms with Gasteiger partial charge >= 0.3 is 5.97 Å². The van der Waals surface area contributed by atoms with Crippen LogP contribution in [0.4, 0.5) is 11.4 Å². The van der Waals surface area contributed by atoms with E-state index in [2.05, 4.69) is 10.6 Å². The van der Waals surface area contributed by atoms with Crippen LogP contribution in [0.3, 0.4) is 0 Å². The minimum absolute atomic E-state index is 0.0381. The third kappa shape index (κ3) is 6.75. The van der Waals surface area contributed by atoms with Crippen LogP contribution in [0.25, 0.3) is 0 Å². The molecule has 0 saturated carbocycles. The van der Waals surface area contributed by atoms with E-state index in [0.717, 1.165) is 11.1 Å². The van der Waals surface area contributed by atoms with E-state index in [1.807, 2.05) is 26.0 Å². The molecule has 0 saturated heterocycles. The van der Waals surface area contributed by atoms with Gasteiger partial charge in [-0.15, -0.1) is 0 Å². The van der Waals surface area contributed by atoms with E-state index in [1.165, 1.54) is 0 Å². The molecule has 148 valence electrons. The van der Waals surface area contributed by atoms with Crippen molar-refractivity contribution in [3.05, 3.63) is 53.6 Å². The van der Waals surface area contributed by atoms with Crippen molar-refractivity contribution in [1.82, 2.24) is 0 Å². The summed E-state index contributed by atoms with van der Waals surface area (Å²) in [4.78, 5) is 35.5. The van der Waals surface area contributed by atoms with E-state index in [0.29, 0.717) is 17.1 Å². The molecule has 0 spiro atoms. The monoisotopic (exact) mass is 384 g/mol. The smallest absolute Gasteiger partial charge is 0.306 e. The van der Waals surface area contributed by atoms with Crippen LogP contribution in [0.5, 0.6) is 5.75 Å². The Morgan fingerprint density at radius 1 is 0.893 bits per heavy atom. The molecule has 7 nitrogen and oxygen atoms in total. The first kappa shape index (κ1) is 21.0. The Morgan fingerprint density at radius 2 is 1.61 bits per heavy atom. The predicted octanol–water partition coefficient (Wildman–Crippen LogP) is 3.21. The van der Waals surface area contributed by atoms with Crippen molar-refractivity contribution in [1.29, 1.82) is 0 Å². The van der Waals surface area contributed by atoms with Crippen molar-refractivity contribution in [2.45, 2.75) is 26.7 Å². The van der Waals surface area contributed by atoms with Crippen molar-refractivity contribution in [2.75, 3.05) is 24.4 Å². The van der Waals surface area contributed by atoms with Crippen molar-refractivity contribution >= 4 is 29.2 Å². The quantitative estimate of drug-likeness (QED) is 0.682. The van der Waals surface area contributed by atoms with Crippen LogP contribution in [0.1, 0.15) is 24.0 Å². The van der Waals surface area contributed by atoms with Crippen LogP contribution in [-0.2, 0) is 19.1 Å². The van der Waals surface area contributed by atoms with Crippen molar-refractivity contribution in [3.8, 4) is 5.75 Å². The van der Waals surface area contributed by atoms with Gasteiger partial charge in [0.2, 0.25) is 5.91 Å². The lowest BCUT2D eigenvalue weighted by Gasteiger charge is -2.10. The Bertz CT molecular complexity index is 846. The van der Waals surface area contributed by atoms with Gasteiger partial charge in [0.1, 0.15) is 5.75 Å². The summed E-state index contributed by atoms with van der Waals surface area (Å²) in [6.07, 6.45) is -0.150. The van der Waals surface area contributed by atoms with Gasteiger partial charge in [-0.3, -0.25) is 14.4 Å². The lowest BCUT2D eigenvalue weighted by atomic mass is 10.1. The number of carbonyl (C=O) groups is 3. The van der Waals surface area contributed by atoms with E-state index < -0.39 is 18.5 Å². The summed E-state index contributed by atoms with van der Waals surface area (Å²) in [5, 5.41) is 5.37. The molecule has 0 bridgehead atoms. The second kappa shape index (κ2) is 10.1. The van der Waals surface area contributed by atoms with Crippen molar-refractivity contribution in [2.24, 2.45) is 0 Å². The number of methoxy groups -OCH3 is 1. The average Bonchev–Trinajstić information content (AvgIpc) is 2.67. The molecule has 0 atom stereocenters. The van der Waals surface area contributed by atoms with E-state index in [4.69, 9.17) is 9.47 Å². The first-order valence-electron chi connectivity index (χ1n) is 8.84. The molecule has 2 aromatic carbocycles. The SMILES string of the molecule is COc1ccc(NC(=O)CCC(=O)OCC(=O)Nc2ccc(C)cc2C)cc1. The summed E-state index contributed by atoms with van der Waals surface area (Å²) >= 11 is 0. The third-order valence-electron chi connectivity index (χ3n) is 3.95. The standard InChI is InChI=1S/C21H24N2O5/c1-14-4-9-18(15(2)12-14)23-20(25)13-28-21(26)11-10-19(24)22-16-5-7-17(27-3)8-6-16/h4-9,12H,10-11,13H2,1-3H3,(H,22,24)(H,23,25). The molecular formula is C21H24N2O5. The molecule has 0 fully saturated rings. The number of benzene rings is 2. The summed E-state index contributed by atoms with van der Waals surface area (Å²) in [5.74, 6) is -0.675. The molecule has 0 heterocycles. The van der Waals surface area contributed by atoms with Gasteiger partial charge in [0.05, 0.1) is 13.5 Å². The van der Waals surface area contributed by atoms with E-state index >= 15 is 0 Å². The number of amides is 2. The highest BCUT2D eigenvalue weighted by Crippen LogP contribution is 2.16. The molecule has 2 aromatic rings. The van der Waals surface area contributed by atoms with E-state index in [-0.39, 0.29) is 18.7 Å². The molecule has 0 radical (unpaired) electrons. The Hall–Kier alpha value is -3.35. The van der Waals surface area contributed by atoms with Crippen LogP contribution in [0.15, 0.2) is 42.5 Å². The fourth-order valence-electron chi connectivity index (χ4n) is 2.47. The van der Waals surface area contributed by atoms with E-state index in [1.54, 1.807) is 37.4 Å². The van der Waals surface area contributed by atoms with Gasteiger partial charge < -0.3 is 20.1 Å². The zero-order valence-corrected chi connectivity index (χ0v) is 16.2. The van der Waals surface area contributed by atoms with Crippen LogP contribution >= 0.6 is 0 Å². The van der Waals surface area contributed by atoms with Crippen LogP contribution in [0, 0.1) is 13.8 Å². The topological polar surface area (TPSA) is 93.7 Å². The summed E-state index contributed by atoms with van der Waals surface area (Å²) in [6.45, 7) is 3.45. The zero-order chi connectivity index (χ0) is 20.5. The second-order valence-electron chi connectivity index (χ2n) is 6.30. The van der Waals surface area contributed by atoms with Crippen molar-refractivity contribution < 1.29 is 23.9 Å². The molecule has 0 aliphatic carbocycles. The Balaban J connectivity index is 1.69. The Labute approximate surface area is 164 Å². The summed E-state index contributed by atoms with van der Waals surface area (Å²) < 4.78 is 9.96. The Kier molecular flexibility index (Phi) is 7.56. The largest absolute Gasteiger partial charge is 0.497 e. The number of aryl methyl sites for hydroxylation is 2. The summed E-state index contributed by atoms with van der Waals surface area (Å²) in [6, 6.07) is 12.5. The minimum Gasteiger partial charge on any atom is -0.497 e.